The van der Waals surface area contributed by atoms with Crippen LogP contribution in [-0.2, 0) is 5.41 Å². The fraction of sp³-hybridized carbons (Fsp3) is 0.0566. The van der Waals surface area contributed by atoms with Crippen LogP contribution in [0.3, 0.4) is 0 Å². The van der Waals surface area contributed by atoms with E-state index in [1.165, 1.54) is 55.1 Å². The van der Waals surface area contributed by atoms with Crippen LogP contribution in [0.4, 0.5) is 17.1 Å². The second-order valence-corrected chi connectivity index (χ2v) is 15.7. The predicted octanol–water partition coefficient (Wildman–Crippen LogP) is 15.1. The molecule has 0 radical (unpaired) electrons. The van der Waals surface area contributed by atoms with Crippen LogP contribution < -0.4 is 9.64 Å². The molecule has 10 aromatic rings. The largest absolute Gasteiger partial charge is 0.456 e. The Morgan fingerprint density at radius 3 is 1.93 bits per heavy atom. The summed E-state index contributed by atoms with van der Waals surface area (Å²) in [6.45, 7) is 4.67. The number of nitrogens with zero attached hydrogens (tertiary/aromatic N) is 1. The Bertz CT molecular complexity index is 3270. The first-order valence-electron chi connectivity index (χ1n) is 19.3. The molecule has 0 N–H and O–H groups in total. The Balaban J connectivity index is 1.03. The lowest BCUT2D eigenvalue weighted by atomic mass is 9.82. The maximum atomic E-state index is 6.90. The molecular formula is C53H35NO2. The van der Waals surface area contributed by atoms with E-state index in [1.807, 2.05) is 12.1 Å². The lowest BCUT2D eigenvalue weighted by Gasteiger charge is -2.29. The Hall–Kier alpha value is -7.10. The number of hydrogen-bond donors (Lipinski definition) is 0. The number of benzene rings is 9. The number of para-hydroxylation sites is 1. The maximum absolute atomic E-state index is 6.90. The average Bonchev–Trinajstić information content (AvgIpc) is 3.72. The Labute approximate surface area is 324 Å². The van der Waals surface area contributed by atoms with Gasteiger partial charge in [-0.15, -0.1) is 0 Å². The molecule has 1 aromatic heterocycles. The molecule has 0 bridgehead atoms. The number of furan rings is 1. The molecule has 0 fully saturated rings. The van der Waals surface area contributed by atoms with Gasteiger partial charge in [0.1, 0.15) is 22.7 Å². The van der Waals surface area contributed by atoms with E-state index >= 15 is 0 Å². The van der Waals surface area contributed by atoms with Crippen molar-refractivity contribution in [1.29, 1.82) is 0 Å². The molecule has 264 valence electrons. The van der Waals surface area contributed by atoms with Gasteiger partial charge in [0, 0.05) is 56.3 Å². The first-order chi connectivity index (χ1) is 27.5. The number of rotatable bonds is 4. The summed E-state index contributed by atoms with van der Waals surface area (Å²) < 4.78 is 13.3. The molecule has 1 aliphatic heterocycles. The molecule has 56 heavy (non-hydrogen) atoms. The Morgan fingerprint density at radius 1 is 0.393 bits per heavy atom. The van der Waals surface area contributed by atoms with Gasteiger partial charge in [-0.05, 0) is 104 Å². The molecule has 0 atom stereocenters. The molecule has 12 rings (SSSR count). The van der Waals surface area contributed by atoms with Crippen molar-refractivity contribution in [2.45, 2.75) is 19.3 Å². The van der Waals surface area contributed by atoms with Gasteiger partial charge < -0.3 is 14.1 Å². The van der Waals surface area contributed by atoms with Gasteiger partial charge in [0.25, 0.3) is 0 Å². The van der Waals surface area contributed by atoms with Crippen molar-refractivity contribution in [3.8, 4) is 44.9 Å². The predicted molar refractivity (Wildman–Crippen MR) is 232 cm³/mol. The summed E-state index contributed by atoms with van der Waals surface area (Å²) in [5, 5.41) is 7.05. The van der Waals surface area contributed by atoms with Gasteiger partial charge in [-0.1, -0.05) is 129 Å². The maximum Gasteiger partial charge on any atom is 0.137 e. The third-order valence-corrected chi connectivity index (χ3v) is 12.3. The summed E-state index contributed by atoms with van der Waals surface area (Å²) in [7, 11) is 0. The summed E-state index contributed by atoms with van der Waals surface area (Å²) in [4.78, 5) is 2.34. The fourth-order valence-corrected chi connectivity index (χ4v) is 9.59. The molecule has 3 heteroatoms. The van der Waals surface area contributed by atoms with Crippen molar-refractivity contribution in [3.05, 3.63) is 187 Å². The smallest absolute Gasteiger partial charge is 0.137 e. The quantitative estimate of drug-likeness (QED) is 0.181. The second-order valence-electron chi connectivity index (χ2n) is 15.7. The van der Waals surface area contributed by atoms with Crippen LogP contribution in [0.15, 0.2) is 180 Å². The van der Waals surface area contributed by atoms with E-state index in [1.54, 1.807) is 0 Å². The second kappa shape index (κ2) is 11.5. The molecule has 9 aromatic carbocycles. The van der Waals surface area contributed by atoms with Gasteiger partial charge in [0.05, 0.1) is 0 Å². The van der Waals surface area contributed by atoms with Crippen molar-refractivity contribution in [3.63, 3.8) is 0 Å². The molecular weight excluding hydrogens is 683 g/mol. The highest BCUT2D eigenvalue weighted by Gasteiger charge is 2.36. The van der Waals surface area contributed by atoms with E-state index in [0.29, 0.717) is 0 Å². The highest BCUT2D eigenvalue weighted by atomic mass is 16.5. The van der Waals surface area contributed by atoms with Crippen LogP contribution in [0.2, 0.25) is 0 Å². The van der Waals surface area contributed by atoms with E-state index in [-0.39, 0.29) is 5.41 Å². The monoisotopic (exact) mass is 717 g/mol. The van der Waals surface area contributed by atoms with E-state index in [0.717, 1.165) is 61.4 Å². The molecule has 0 spiro atoms. The highest BCUT2D eigenvalue weighted by molar-refractivity contribution is 6.13. The van der Waals surface area contributed by atoms with Crippen LogP contribution in [-0.4, -0.2) is 0 Å². The zero-order valence-corrected chi connectivity index (χ0v) is 31.0. The van der Waals surface area contributed by atoms with E-state index in [2.05, 4.69) is 183 Å². The van der Waals surface area contributed by atoms with Crippen LogP contribution in [0.25, 0.3) is 76.9 Å². The van der Waals surface area contributed by atoms with Gasteiger partial charge in [-0.3, -0.25) is 0 Å². The standard InChI is InChI=1S/C53H35NO2/c1-53(2)46-19-7-5-14-39(46)40-24-21-33(29-47(40)53)54(34-22-25-42-41-15-6-8-20-48(41)55-50(42)30-34)35-23-26-43-45-18-10-17-44-38(27-28-49(52(44)45)56-51(43)31-35)37-16-9-12-32-11-3-4-13-36(32)37/h3-31H,1-2H3. The minimum Gasteiger partial charge on any atom is -0.456 e. The number of hydrogen-bond acceptors (Lipinski definition) is 3. The van der Waals surface area contributed by atoms with Gasteiger partial charge in [0.15, 0.2) is 0 Å². The molecule has 1 aliphatic carbocycles. The van der Waals surface area contributed by atoms with Crippen molar-refractivity contribution < 1.29 is 9.15 Å². The summed E-state index contributed by atoms with van der Waals surface area (Å²) in [6.07, 6.45) is 0. The number of fused-ring (bicyclic) bond motifs is 9. The Morgan fingerprint density at radius 2 is 1.00 bits per heavy atom. The summed E-state index contributed by atoms with van der Waals surface area (Å²) in [5.74, 6) is 1.71. The van der Waals surface area contributed by atoms with Crippen molar-refractivity contribution in [1.82, 2.24) is 0 Å². The van der Waals surface area contributed by atoms with Crippen molar-refractivity contribution in [2.24, 2.45) is 0 Å². The SMILES string of the molecule is CC1(C)c2ccccc2-c2ccc(N(c3ccc4c(c3)Oc3ccc(-c5cccc6ccccc56)c5cccc-4c35)c3ccc4c(c3)oc3ccccc34)cc21. The number of anilines is 3. The first-order valence-corrected chi connectivity index (χ1v) is 19.3. The molecule has 0 amide bonds. The number of ether oxygens (including phenoxy) is 1. The van der Waals surface area contributed by atoms with Gasteiger partial charge in [-0.2, -0.15) is 0 Å². The first kappa shape index (κ1) is 31.3. The molecule has 2 aliphatic rings. The van der Waals surface area contributed by atoms with Gasteiger partial charge in [0.2, 0.25) is 0 Å². The van der Waals surface area contributed by atoms with Gasteiger partial charge >= 0.3 is 0 Å². The highest BCUT2D eigenvalue weighted by Crippen LogP contribution is 2.53. The molecule has 0 saturated carbocycles. The third kappa shape index (κ3) is 4.40. The van der Waals surface area contributed by atoms with Crippen LogP contribution in [0, 0.1) is 0 Å². The third-order valence-electron chi connectivity index (χ3n) is 12.3. The topological polar surface area (TPSA) is 25.6 Å². The zero-order valence-electron chi connectivity index (χ0n) is 31.0. The van der Waals surface area contributed by atoms with Crippen molar-refractivity contribution >= 4 is 60.5 Å². The normalized spacial score (nSPS) is 13.5. The Kier molecular flexibility index (Phi) is 6.40. The average molecular weight is 718 g/mol. The minimum absolute atomic E-state index is 0.136. The lowest BCUT2D eigenvalue weighted by Crippen LogP contribution is -2.16. The van der Waals surface area contributed by atoms with Crippen LogP contribution in [0.1, 0.15) is 25.0 Å². The van der Waals surface area contributed by atoms with Crippen LogP contribution >= 0.6 is 0 Å². The van der Waals surface area contributed by atoms with E-state index < -0.39 is 0 Å². The fourth-order valence-electron chi connectivity index (χ4n) is 9.59. The molecule has 0 unspecified atom stereocenters. The summed E-state index contributed by atoms with van der Waals surface area (Å²) >= 11 is 0. The summed E-state index contributed by atoms with van der Waals surface area (Å²) in [6, 6.07) is 63.4. The molecule has 2 heterocycles. The van der Waals surface area contributed by atoms with Crippen LogP contribution in [0.5, 0.6) is 11.5 Å². The molecule has 3 nitrogen and oxygen atoms in total. The lowest BCUT2D eigenvalue weighted by molar-refractivity contribution is 0.487. The van der Waals surface area contributed by atoms with E-state index in [9.17, 15) is 0 Å². The molecule has 0 saturated heterocycles. The summed E-state index contributed by atoms with van der Waals surface area (Å²) in [5.41, 5.74) is 14.7. The van der Waals surface area contributed by atoms with Gasteiger partial charge in [-0.25, -0.2) is 0 Å². The van der Waals surface area contributed by atoms with E-state index in [4.69, 9.17) is 9.15 Å². The minimum atomic E-state index is -0.136. The zero-order chi connectivity index (χ0) is 37.1. The van der Waals surface area contributed by atoms with Crippen molar-refractivity contribution in [2.75, 3.05) is 4.90 Å².